The molecular weight excluding hydrogens is 296 g/mol. The van der Waals surface area contributed by atoms with E-state index in [-0.39, 0.29) is 19.1 Å². The van der Waals surface area contributed by atoms with Crippen LogP contribution in [0.2, 0.25) is 5.02 Å². The lowest BCUT2D eigenvalue weighted by atomic mass is 10.2. The summed E-state index contributed by atoms with van der Waals surface area (Å²) < 4.78 is 5.20. The van der Waals surface area contributed by atoms with Gasteiger partial charge in [0.2, 0.25) is 0 Å². The molecule has 7 heteroatoms. The monoisotopic (exact) mass is 312 g/mol. The quantitative estimate of drug-likeness (QED) is 0.843. The first-order valence-electron chi connectivity index (χ1n) is 6.60. The summed E-state index contributed by atoms with van der Waals surface area (Å²) in [4.78, 5) is 24.3. The van der Waals surface area contributed by atoms with Crippen LogP contribution < -0.4 is 10.1 Å². The van der Waals surface area contributed by atoms with Gasteiger partial charge < -0.3 is 20.1 Å². The molecule has 1 aromatic carbocycles. The molecule has 0 unspecified atom stereocenters. The zero-order valence-electron chi connectivity index (χ0n) is 11.6. The molecule has 2 N–H and O–H groups in total. The van der Waals surface area contributed by atoms with Crippen LogP contribution in [0.5, 0.6) is 5.75 Å². The highest BCUT2D eigenvalue weighted by Gasteiger charge is 2.33. The van der Waals surface area contributed by atoms with Crippen molar-refractivity contribution < 1.29 is 19.4 Å². The normalized spacial score (nSPS) is 13.6. The third-order valence-corrected chi connectivity index (χ3v) is 3.62. The summed E-state index contributed by atoms with van der Waals surface area (Å²) in [5, 5.41) is 12.1. The number of nitrogens with one attached hydrogen (secondary N) is 1. The predicted molar refractivity (Wildman–Crippen MR) is 77.6 cm³/mol. The molecule has 1 saturated carbocycles. The molecule has 0 aromatic heterocycles. The summed E-state index contributed by atoms with van der Waals surface area (Å²) in [6.07, 6.45) is 1.69. The molecular formula is C14H17ClN2O4. The molecule has 0 bridgehead atoms. The van der Waals surface area contributed by atoms with Crippen LogP contribution >= 0.6 is 11.6 Å². The number of halogens is 1. The average Bonchev–Trinajstić information content (AvgIpc) is 3.27. The second-order valence-corrected chi connectivity index (χ2v) is 5.24. The number of benzene rings is 1. The summed E-state index contributed by atoms with van der Waals surface area (Å²) in [5.74, 6) is -0.439. The van der Waals surface area contributed by atoms with Crippen molar-refractivity contribution in [3.8, 4) is 5.75 Å². The van der Waals surface area contributed by atoms with Crippen molar-refractivity contribution in [1.82, 2.24) is 10.2 Å². The minimum atomic E-state index is -1.02. The number of carboxylic acid groups (broad SMARTS) is 1. The molecule has 0 radical (unpaired) electrons. The number of ether oxygens (including phenoxy) is 1. The Morgan fingerprint density at radius 1 is 1.48 bits per heavy atom. The minimum Gasteiger partial charge on any atom is -0.496 e. The van der Waals surface area contributed by atoms with Gasteiger partial charge in [0, 0.05) is 23.2 Å². The van der Waals surface area contributed by atoms with Gasteiger partial charge in [-0.15, -0.1) is 0 Å². The Labute approximate surface area is 127 Å². The molecule has 0 heterocycles. The lowest BCUT2D eigenvalue weighted by Crippen LogP contribution is -2.43. The zero-order chi connectivity index (χ0) is 15.4. The third kappa shape index (κ3) is 4.01. The second-order valence-electron chi connectivity index (χ2n) is 4.83. The van der Waals surface area contributed by atoms with Gasteiger partial charge in [-0.05, 0) is 25.0 Å². The fourth-order valence-corrected chi connectivity index (χ4v) is 2.30. The maximum absolute atomic E-state index is 12.1. The Kier molecular flexibility index (Phi) is 4.90. The SMILES string of the molecule is COc1cccc(Cl)c1CNC(=O)N(CC(=O)O)C1CC1. The number of rotatable bonds is 6. The van der Waals surface area contributed by atoms with Crippen molar-refractivity contribution in [1.29, 1.82) is 0 Å². The van der Waals surface area contributed by atoms with Crippen LogP contribution in [-0.2, 0) is 11.3 Å². The second kappa shape index (κ2) is 6.67. The zero-order valence-corrected chi connectivity index (χ0v) is 12.4. The summed E-state index contributed by atoms with van der Waals surface area (Å²) in [6.45, 7) is -0.110. The van der Waals surface area contributed by atoms with Crippen LogP contribution in [0, 0.1) is 0 Å². The van der Waals surface area contributed by atoms with Crippen molar-refractivity contribution in [2.24, 2.45) is 0 Å². The van der Waals surface area contributed by atoms with E-state index in [0.717, 1.165) is 12.8 Å². The average molecular weight is 313 g/mol. The molecule has 1 aliphatic rings. The molecule has 1 aliphatic carbocycles. The van der Waals surface area contributed by atoms with E-state index in [9.17, 15) is 9.59 Å². The number of methoxy groups -OCH3 is 1. The maximum Gasteiger partial charge on any atom is 0.323 e. The van der Waals surface area contributed by atoms with Gasteiger partial charge in [-0.2, -0.15) is 0 Å². The first-order valence-corrected chi connectivity index (χ1v) is 6.98. The van der Waals surface area contributed by atoms with Gasteiger partial charge in [-0.3, -0.25) is 4.79 Å². The Bertz CT molecular complexity index is 546. The Hall–Kier alpha value is -1.95. The Morgan fingerprint density at radius 3 is 2.76 bits per heavy atom. The van der Waals surface area contributed by atoms with Gasteiger partial charge in [0.1, 0.15) is 12.3 Å². The van der Waals surface area contributed by atoms with Crippen LogP contribution in [0.1, 0.15) is 18.4 Å². The number of hydrogen-bond acceptors (Lipinski definition) is 3. The molecule has 1 aromatic rings. The molecule has 114 valence electrons. The number of hydrogen-bond donors (Lipinski definition) is 2. The van der Waals surface area contributed by atoms with E-state index in [1.807, 2.05) is 0 Å². The van der Waals surface area contributed by atoms with Crippen molar-refractivity contribution in [3.05, 3.63) is 28.8 Å². The predicted octanol–water partition coefficient (Wildman–Crippen LogP) is 2.11. The van der Waals surface area contributed by atoms with Crippen LogP contribution in [0.4, 0.5) is 4.79 Å². The van der Waals surface area contributed by atoms with Crippen molar-refractivity contribution >= 4 is 23.6 Å². The number of urea groups is 1. The highest BCUT2D eigenvalue weighted by molar-refractivity contribution is 6.31. The van der Waals surface area contributed by atoms with E-state index < -0.39 is 12.0 Å². The summed E-state index contributed by atoms with van der Waals surface area (Å²) in [7, 11) is 1.53. The number of nitrogens with zero attached hydrogens (tertiary/aromatic N) is 1. The van der Waals surface area contributed by atoms with E-state index in [0.29, 0.717) is 16.3 Å². The van der Waals surface area contributed by atoms with Crippen molar-refractivity contribution in [3.63, 3.8) is 0 Å². The van der Waals surface area contributed by atoms with E-state index in [1.165, 1.54) is 12.0 Å². The fraction of sp³-hybridized carbons (Fsp3) is 0.429. The van der Waals surface area contributed by atoms with E-state index >= 15 is 0 Å². The van der Waals surface area contributed by atoms with E-state index in [4.69, 9.17) is 21.4 Å². The third-order valence-electron chi connectivity index (χ3n) is 3.27. The maximum atomic E-state index is 12.1. The van der Waals surface area contributed by atoms with Gasteiger partial charge in [0.25, 0.3) is 0 Å². The highest BCUT2D eigenvalue weighted by atomic mass is 35.5. The molecule has 1 fully saturated rings. The summed E-state index contributed by atoms with van der Waals surface area (Å²) in [5.41, 5.74) is 0.668. The van der Waals surface area contributed by atoms with Crippen LogP contribution in [0.25, 0.3) is 0 Å². The van der Waals surface area contributed by atoms with Crippen molar-refractivity contribution in [2.75, 3.05) is 13.7 Å². The van der Waals surface area contributed by atoms with Gasteiger partial charge in [0.05, 0.1) is 7.11 Å². The molecule has 0 saturated heterocycles. The fourth-order valence-electron chi connectivity index (χ4n) is 2.07. The number of carbonyl (C=O) groups excluding carboxylic acids is 1. The highest BCUT2D eigenvalue weighted by Crippen LogP contribution is 2.28. The minimum absolute atomic E-state index is 0.0224. The first-order chi connectivity index (χ1) is 10.0. The van der Waals surface area contributed by atoms with E-state index in [1.54, 1.807) is 18.2 Å². The number of carboxylic acids is 1. The van der Waals surface area contributed by atoms with E-state index in [2.05, 4.69) is 5.32 Å². The van der Waals surface area contributed by atoms with Gasteiger partial charge in [-0.25, -0.2) is 4.79 Å². The van der Waals surface area contributed by atoms with Gasteiger partial charge in [-0.1, -0.05) is 17.7 Å². The van der Waals surface area contributed by atoms with Gasteiger partial charge in [0.15, 0.2) is 0 Å². The first kappa shape index (κ1) is 15.4. The Balaban J connectivity index is 2.01. The van der Waals surface area contributed by atoms with Crippen LogP contribution in [-0.4, -0.2) is 41.7 Å². The lowest BCUT2D eigenvalue weighted by molar-refractivity contribution is -0.137. The molecule has 6 nitrogen and oxygen atoms in total. The number of amides is 2. The molecule has 2 rings (SSSR count). The standard InChI is InChI=1S/C14H17ClN2O4/c1-21-12-4-2-3-11(15)10(12)7-16-14(20)17(8-13(18)19)9-5-6-9/h2-4,9H,5-8H2,1H3,(H,16,20)(H,18,19). The number of carbonyl (C=O) groups is 2. The topological polar surface area (TPSA) is 78.9 Å². The molecule has 0 aliphatic heterocycles. The van der Waals surface area contributed by atoms with Crippen LogP contribution in [0.15, 0.2) is 18.2 Å². The summed E-state index contributed by atoms with van der Waals surface area (Å²) in [6, 6.07) is 4.84. The Morgan fingerprint density at radius 2 is 2.19 bits per heavy atom. The molecule has 2 amide bonds. The molecule has 0 spiro atoms. The summed E-state index contributed by atoms with van der Waals surface area (Å²) >= 11 is 6.09. The van der Waals surface area contributed by atoms with Crippen LogP contribution in [0.3, 0.4) is 0 Å². The van der Waals surface area contributed by atoms with Crippen molar-refractivity contribution in [2.45, 2.75) is 25.4 Å². The lowest BCUT2D eigenvalue weighted by Gasteiger charge is -2.21. The molecule has 21 heavy (non-hydrogen) atoms. The largest absolute Gasteiger partial charge is 0.496 e. The number of aliphatic carboxylic acids is 1. The van der Waals surface area contributed by atoms with Gasteiger partial charge >= 0.3 is 12.0 Å². The molecule has 0 atom stereocenters. The smallest absolute Gasteiger partial charge is 0.323 e.